The zero-order valence-corrected chi connectivity index (χ0v) is 16.1. The van der Waals surface area contributed by atoms with Crippen LogP contribution < -0.4 is 10.1 Å². The zero-order valence-electron chi connectivity index (χ0n) is 16.1. The molecule has 1 amide bonds. The lowest BCUT2D eigenvalue weighted by Crippen LogP contribution is -2.14. The molecule has 0 unspecified atom stereocenters. The summed E-state index contributed by atoms with van der Waals surface area (Å²) >= 11 is 0. The molecule has 0 saturated carbocycles. The summed E-state index contributed by atoms with van der Waals surface area (Å²) in [4.78, 5) is 21.2. The Morgan fingerprint density at radius 3 is 2.90 bits per heavy atom. The average molecular weight is 397 g/mol. The number of pyridine rings is 1. The highest BCUT2D eigenvalue weighted by Gasteiger charge is 2.18. The number of ether oxygens (including phenoxy) is 1. The highest BCUT2D eigenvalue weighted by atomic mass is 16.5. The number of anilines is 1. The second-order valence-electron chi connectivity index (χ2n) is 7.04. The van der Waals surface area contributed by atoms with E-state index < -0.39 is 5.91 Å². The fourth-order valence-electron chi connectivity index (χ4n) is 3.55. The number of benzene rings is 2. The molecule has 0 spiro atoms. The van der Waals surface area contributed by atoms with Crippen LogP contribution in [0.5, 0.6) is 5.75 Å². The predicted molar refractivity (Wildman–Crippen MR) is 112 cm³/mol. The number of hydrogen-bond donors (Lipinski definition) is 2. The van der Waals surface area contributed by atoms with Crippen molar-refractivity contribution < 1.29 is 9.53 Å². The summed E-state index contributed by atoms with van der Waals surface area (Å²) in [5, 5.41) is 9.65. The molecule has 7 nitrogen and oxygen atoms in total. The maximum absolute atomic E-state index is 12.6. The fourth-order valence-corrected chi connectivity index (χ4v) is 3.55. The molecular weight excluding hydrogens is 378 g/mol. The number of carbonyl (C=O) groups is 1. The van der Waals surface area contributed by atoms with E-state index in [9.17, 15) is 4.79 Å². The normalized spacial score (nSPS) is 12.3. The monoisotopic (exact) mass is 397 g/mol. The van der Waals surface area contributed by atoms with Gasteiger partial charge in [0.25, 0.3) is 5.91 Å². The van der Waals surface area contributed by atoms with Crippen LogP contribution in [0.3, 0.4) is 0 Å². The second-order valence-corrected chi connectivity index (χ2v) is 7.04. The van der Waals surface area contributed by atoms with Crippen molar-refractivity contribution in [1.82, 2.24) is 20.2 Å². The third-order valence-corrected chi connectivity index (χ3v) is 4.98. The maximum Gasteiger partial charge on any atom is 0.296 e. The van der Waals surface area contributed by atoms with Crippen molar-refractivity contribution in [1.29, 1.82) is 0 Å². The molecule has 0 atom stereocenters. The van der Waals surface area contributed by atoms with E-state index in [2.05, 4.69) is 31.5 Å². The Balaban J connectivity index is 1.33. The smallest absolute Gasteiger partial charge is 0.296 e. The Hall–Kier alpha value is -4.00. The Labute approximate surface area is 173 Å². The number of carbonyl (C=O) groups excluding carboxylic acids is 1. The number of aromatic amines is 1. The van der Waals surface area contributed by atoms with Gasteiger partial charge in [-0.1, -0.05) is 48.5 Å². The Morgan fingerprint density at radius 2 is 2.00 bits per heavy atom. The van der Waals surface area contributed by atoms with Gasteiger partial charge in [-0.3, -0.25) is 9.89 Å². The van der Waals surface area contributed by atoms with Crippen LogP contribution in [0, 0.1) is 0 Å². The molecule has 5 rings (SSSR count). The minimum Gasteiger partial charge on any atom is -0.492 e. The van der Waals surface area contributed by atoms with Crippen LogP contribution in [0.25, 0.3) is 11.1 Å². The molecule has 148 valence electrons. The third-order valence-electron chi connectivity index (χ3n) is 4.98. The minimum atomic E-state index is -0.412. The van der Waals surface area contributed by atoms with E-state index >= 15 is 0 Å². The Bertz CT molecular complexity index is 1200. The van der Waals surface area contributed by atoms with Gasteiger partial charge in [0.1, 0.15) is 17.4 Å². The van der Waals surface area contributed by atoms with Gasteiger partial charge >= 0.3 is 0 Å². The molecular formula is C23H19N5O2. The van der Waals surface area contributed by atoms with Gasteiger partial charge in [-0.05, 0) is 28.8 Å². The van der Waals surface area contributed by atoms with Crippen molar-refractivity contribution >= 4 is 11.7 Å². The van der Waals surface area contributed by atoms with Gasteiger partial charge in [0.15, 0.2) is 0 Å². The molecule has 2 N–H and O–H groups in total. The summed E-state index contributed by atoms with van der Waals surface area (Å²) in [6, 6.07) is 19.7. The number of fused-ring (bicyclic) bond motifs is 1. The SMILES string of the molecule is O=C(Nc1cc(-c2cccc3c2OCC3)ccn1)c1n[nH]c(Cc2ccccc2)n1. The molecule has 2 aromatic heterocycles. The molecule has 1 aliphatic rings. The van der Waals surface area contributed by atoms with E-state index in [0.717, 1.165) is 28.9 Å². The van der Waals surface area contributed by atoms with Gasteiger partial charge < -0.3 is 10.1 Å². The standard InChI is InChI=1S/C23H19N5O2/c29-23(22-25-20(27-28-22)13-15-5-2-1-3-6-15)26-19-14-17(9-11-24-19)18-8-4-7-16-10-12-30-21(16)18/h1-9,11,14H,10,12-13H2,(H,24,26,29)(H,25,27,28). The van der Waals surface area contributed by atoms with Gasteiger partial charge in [-0.15, -0.1) is 5.10 Å². The van der Waals surface area contributed by atoms with E-state index in [1.165, 1.54) is 5.56 Å². The summed E-state index contributed by atoms with van der Waals surface area (Å²) in [5.74, 6) is 1.63. The van der Waals surface area contributed by atoms with Crippen LogP contribution in [0.4, 0.5) is 5.82 Å². The van der Waals surface area contributed by atoms with Crippen LogP contribution >= 0.6 is 0 Å². The first kappa shape index (κ1) is 18.1. The zero-order chi connectivity index (χ0) is 20.3. The number of hydrogen-bond acceptors (Lipinski definition) is 5. The molecule has 7 heteroatoms. The highest BCUT2D eigenvalue weighted by molar-refractivity contribution is 6.01. The van der Waals surface area contributed by atoms with Gasteiger partial charge in [-0.2, -0.15) is 0 Å². The van der Waals surface area contributed by atoms with Crippen LogP contribution in [-0.4, -0.2) is 32.7 Å². The van der Waals surface area contributed by atoms with E-state index in [0.29, 0.717) is 24.7 Å². The maximum atomic E-state index is 12.6. The summed E-state index contributed by atoms with van der Waals surface area (Å²) in [6.45, 7) is 0.692. The first-order chi connectivity index (χ1) is 14.8. The number of rotatable bonds is 5. The minimum absolute atomic E-state index is 0.0806. The molecule has 3 heterocycles. The van der Waals surface area contributed by atoms with Crippen LogP contribution in [-0.2, 0) is 12.8 Å². The number of aromatic nitrogens is 4. The van der Waals surface area contributed by atoms with Crippen LogP contribution in [0.15, 0.2) is 66.9 Å². The summed E-state index contributed by atoms with van der Waals surface area (Å²) < 4.78 is 5.79. The van der Waals surface area contributed by atoms with Gasteiger partial charge in [0.2, 0.25) is 5.82 Å². The van der Waals surface area contributed by atoms with E-state index in [-0.39, 0.29) is 5.82 Å². The van der Waals surface area contributed by atoms with Crippen molar-refractivity contribution in [2.45, 2.75) is 12.8 Å². The first-order valence-corrected chi connectivity index (χ1v) is 9.74. The molecule has 30 heavy (non-hydrogen) atoms. The van der Waals surface area contributed by atoms with Gasteiger partial charge in [-0.25, -0.2) is 9.97 Å². The quantitative estimate of drug-likeness (QED) is 0.536. The molecule has 2 aromatic carbocycles. The van der Waals surface area contributed by atoms with Crippen molar-refractivity contribution in [3.63, 3.8) is 0 Å². The summed E-state index contributed by atoms with van der Waals surface area (Å²) in [6.07, 6.45) is 3.15. The average Bonchev–Trinajstić information content (AvgIpc) is 3.44. The largest absolute Gasteiger partial charge is 0.492 e. The number of amides is 1. The number of nitrogens with zero attached hydrogens (tertiary/aromatic N) is 3. The van der Waals surface area contributed by atoms with Crippen molar-refractivity contribution in [3.05, 3.63) is 89.6 Å². The Morgan fingerprint density at radius 1 is 1.10 bits per heavy atom. The number of nitrogens with one attached hydrogen (secondary N) is 2. The van der Waals surface area contributed by atoms with Crippen molar-refractivity contribution in [3.8, 4) is 16.9 Å². The van der Waals surface area contributed by atoms with Crippen molar-refractivity contribution in [2.24, 2.45) is 0 Å². The van der Waals surface area contributed by atoms with E-state index in [1.54, 1.807) is 6.20 Å². The lowest BCUT2D eigenvalue weighted by molar-refractivity contribution is 0.101. The Kier molecular flexibility index (Phi) is 4.69. The lowest BCUT2D eigenvalue weighted by Gasteiger charge is -2.09. The van der Waals surface area contributed by atoms with E-state index in [1.807, 2.05) is 54.6 Å². The van der Waals surface area contributed by atoms with Crippen LogP contribution in [0.2, 0.25) is 0 Å². The predicted octanol–water partition coefficient (Wildman–Crippen LogP) is 3.64. The highest BCUT2D eigenvalue weighted by Crippen LogP contribution is 2.37. The second kappa shape index (κ2) is 7.79. The van der Waals surface area contributed by atoms with Gasteiger partial charge in [0, 0.05) is 24.6 Å². The summed E-state index contributed by atoms with van der Waals surface area (Å²) in [5.41, 5.74) is 4.21. The number of H-pyrrole nitrogens is 1. The third kappa shape index (κ3) is 3.65. The van der Waals surface area contributed by atoms with Crippen LogP contribution in [0.1, 0.15) is 27.6 Å². The molecule has 0 fully saturated rings. The fraction of sp³-hybridized carbons (Fsp3) is 0.130. The van der Waals surface area contributed by atoms with E-state index in [4.69, 9.17) is 4.74 Å². The summed E-state index contributed by atoms with van der Waals surface area (Å²) in [7, 11) is 0. The molecule has 4 aromatic rings. The topological polar surface area (TPSA) is 92.8 Å². The van der Waals surface area contributed by atoms with Crippen molar-refractivity contribution in [2.75, 3.05) is 11.9 Å². The van der Waals surface area contributed by atoms with Gasteiger partial charge in [0.05, 0.1) is 6.61 Å². The molecule has 0 saturated heterocycles. The first-order valence-electron chi connectivity index (χ1n) is 9.74. The molecule has 1 aliphatic heterocycles. The molecule has 0 bridgehead atoms. The lowest BCUT2D eigenvalue weighted by atomic mass is 10.0. The number of para-hydroxylation sites is 1. The molecule has 0 aliphatic carbocycles. The molecule has 0 radical (unpaired) electrons.